The summed E-state index contributed by atoms with van der Waals surface area (Å²) < 4.78 is 40.5. The van der Waals surface area contributed by atoms with E-state index in [1.165, 1.54) is 12.1 Å². The van der Waals surface area contributed by atoms with Crippen LogP contribution in [0.4, 0.5) is 4.39 Å². The third-order valence-corrected chi connectivity index (χ3v) is 4.90. The summed E-state index contributed by atoms with van der Waals surface area (Å²) >= 11 is 0. The zero-order valence-corrected chi connectivity index (χ0v) is 12.6. The molecule has 1 saturated carbocycles. The van der Waals surface area contributed by atoms with E-state index < -0.39 is 15.8 Å². The first-order valence-electron chi connectivity index (χ1n) is 6.75. The van der Waals surface area contributed by atoms with Gasteiger partial charge in [-0.1, -0.05) is 18.8 Å². The number of rotatable bonds is 5. The number of hydrogen-bond donors (Lipinski definition) is 2. The van der Waals surface area contributed by atoms with Crippen LogP contribution in [-0.4, -0.2) is 26.7 Å². The van der Waals surface area contributed by atoms with Crippen molar-refractivity contribution in [3.8, 4) is 11.8 Å². The van der Waals surface area contributed by atoms with Crippen LogP contribution in [0.25, 0.3) is 0 Å². The molecule has 1 aromatic rings. The predicted molar refractivity (Wildman–Crippen MR) is 77.5 cm³/mol. The second-order valence-electron chi connectivity index (χ2n) is 5.55. The molecule has 0 radical (unpaired) electrons. The Morgan fingerprint density at radius 2 is 2.14 bits per heavy atom. The first kappa shape index (κ1) is 16.0. The van der Waals surface area contributed by atoms with Crippen LogP contribution in [0, 0.1) is 23.1 Å². The zero-order valence-electron chi connectivity index (χ0n) is 11.8. The summed E-state index contributed by atoms with van der Waals surface area (Å²) in [7, 11) is -3.70. The lowest BCUT2D eigenvalue weighted by atomic mass is 10.2. The molecule has 0 aliphatic heterocycles. The highest BCUT2D eigenvalue weighted by Gasteiger charge is 2.38. The SMILES string of the molecule is CC1(CNS(=O)(=O)c2ccc(C#CCCO)c(F)c2)CC1. The molecule has 2 rings (SSSR count). The largest absolute Gasteiger partial charge is 0.395 e. The van der Waals surface area contributed by atoms with Crippen molar-refractivity contribution < 1.29 is 17.9 Å². The van der Waals surface area contributed by atoms with E-state index in [0.29, 0.717) is 6.54 Å². The quantitative estimate of drug-likeness (QED) is 0.812. The third kappa shape index (κ3) is 4.27. The van der Waals surface area contributed by atoms with Crippen LogP contribution in [-0.2, 0) is 10.0 Å². The summed E-state index contributed by atoms with van der Waals surface area (Å²) in [5.74, 6) is 4.48. The van der Waals surface area contributed by atoms with Crippen molar-refractivity contribution in [3.63, 3.8) is 0 Å². The van der Waals surface area contributed by atoms with E-state index in [4.69, 9.17) is 5.11 Å². The van der Waals surface area contributed by atoms with Gasteiger partial charge in [0.1, 0.15) is 5.82 Å². The van der Waals surface area contributed by atoms with Crippen molar-refractivity contribution in [1.82, 2.24) is 4.72 Å². The van der Waals surface area contributed by atoms with E-state index >= 15 is 0 Å². The van der Waals surface area contributed by atoms with Crippen LogP contribution in [0.3, 0.4) is 0 Å². The Morgan fingerprint density at radius 3 is 2.71 bits per heavy atom. The lowest BCUT2D eigenvalue weighted by Crippen LogP contribution is -2.29. The Kier molecular flexibility index (Phi) is 4.67. The molecule has 0 heterocycles. The van der Waals surface area contributed by atoms with Gasteiger partial charge in [0.25, 0.3) is 0 Å². The van der Waals surface area contributed by atoms with E-state index in [1.54, 1.807) is 0 Å². The second kappa shape index (κ2) is 6.14. The summed E-state index contributed by atoms with van der Waals surface area (Å²) in [5.41, 5.74) is 0.165. The molecule has 114 valence electrons. The molecule has 6 heteroatoms. The molecule has 1 aliphatic carbocycles. The van der Waals surface area contributed by atoms with Crippen LogP contribution in [0.2, 0.25) is 0 Å². The number of nitrogens with one attached hydrogen (secondary N) is 1. The normalized spacial score (nSPS) is 16.1. The molecule has 2 N–H and O–H groups in total. The van der Waals surface area contributed by atoms with E-state index in [0.717, 1.165) is 18.9 Å². The van der Waals surface area contributed by atoms with Crippen molar-refractivity contribution in [3.05, 3.63) is 29.6 Å². The van der Waals surface area contributed by atoms with Gasteiger partial charge < -0.3 is 5.11 Å². The molecule has 1 fully saturated rings. The maximum atomic E-state index is 13.8. The van der Waals surface area contributed by atoms with E-state index in [2.05, 4.69) is 16.6 Å². The minimum atomic E-state index is -3.70. The number of hydrogen-bond acceptors (Lipinski definition) is 3. The molecule has 1 aliphatic rings. The van der Waals surface area contributed by atoms with Crippen molar-refractivity contribution in [2.24, 2.45) is 5.41 Å². The van der Waals surface area contributed by atoms with Gasteiger partial charge in [0.2, 0.25) is 10.0 Å². The summed E-state index contributed by atoms with van der Waals surface area (Å²) in [4.78, 5) is -0.100. The first-order valence-corrected chi connectivity index (χ1v) is 8.24. The highest BCUT2D eigenvalue weighted by atomic mass is 32.2. The summed E-state index contributed by atoms with van der Waals surface area (Å²) in [6.07, 6.45) is 2.26. The van der Waals surface area contributed by atoms with E-state index in [-0.39, 0.29) is 28.9 Å². The Labute approximate surface area is 124 Å². The van der Waals surface area contributed by atoms with Crippen molar-refractivity contribution in [2.75, 3.05) is 13.2 Å². The minimum absolute atomic E-state index is 0.0430. The molecule has 0 amide bonds. The van der Waals surface area contributed by atoms with Gasteiger partial charge >= 0.3 is 0 Å². The summed E-state index contributed by atoms with van der Waals surface area (Å²) in [5, 5.41) is 8.61. The molecule has 1 aromatic carbocycles. The third-order valence-electron chi connectivity index (χ3n) is 3.50. The fraction of sp³-hybridized carbons (Fsp3) is 0.467. The molecule has 0 bridgehead atoms. The molecule has 0 saturated heterocycles. The van der Waals surface area contributed by atoms with E-state index in [1.807, 2.05) is 6.92 Å². The second-order valence-corrected chi connectivity index (χ2v) is 7.32. The smallest absolute Gasteiger partial charge is 0.240 e. The van der Waals surface area contributed by atoms with Crippen LogP contribution < -0.4 is 4.72 Å². The van der Waals surface area contributed by atoms with Gasteiger partial charge in [-0.15, -0.1) is 0 Å². The number of aliphatic hydroxyl groups excluding tert-OH is 1. The lowest BCUT2D eigenvalue weighted by Gasteiger charge is -2.11. The Hall–Kier alpha value is -1.42. The van der Waals surface area contributed by atoms with Gasteiger partial charge in [0, 0.05) is 13.0 Å². The maximum absolute atomic E-state index is 13.8. The molecule has 0 aromatic heterocycles. The lowest BCUT2D eigenvalue weighted by molar-refractivity contribution is 0.305. The zero-order chi connectivity index (χ0) is 15.5. The molecule has 4 nitrogen and oxygen atoms in total. The fourth-order valence-electron chi connectivity index (χ4n) is 1.72. The molecular weight excluding hydrogens is 293 g/mol. The fourth-order valence-corrected chi connectivity index (χ4v) is 2.93. The average molecular weight is 311 g/mol. The number of sulfonamides is 1. The van der Waals surface area contributed by atoms with Crippen LogP contribution >= 0.6 is 0 Å². The molecule has 21 heavy (non-hydrogen) atoms. The topological polar surface area (TPSA) is 66.4 Å². The van der Waals surface area contributed by atoms with Crippen molar-refractivity contribution in [1.29, 1.82) is 0 Å². The molecule has 0 spiro atoms. The highest BCUT2D eigenvalue weighted by molar-refractivity contribution is 7.89. The van der Waals surface area contributed by atoms with Crippen molar-refractivity contribution in [2.45, 2.75) is 31.1 Å². The predicted octanol–water partition coefficient (Wildman–Crippen LogP) is 1.64. The van der Waals surface area contributed by atoms with Gasteiger partial charge in [-0.25, -0.2) is 17.5 Å². The number of aliphatic hydroxyl groups is 1. The van der Waals surface area contributed by atoms with Gasteiger partial charge in [0.05, 0.1) is 17.1 Å². The van der Waals surface area contributed by atoms with Gasteiger partial charge in [-0.3, -0.25) is 0 Å². The number of halogens is 1. The van der Waals surface area contributed by atoms with Crippen molar-refractivity contribution >= 4 is 10.0 Å². The van der Waals surface area contributed by atoms with Crippen LogP contribution in [0.1, 0.15) is 31.7 Å². The first-order chi connectivity index (χ1) is 9.86. The van der Waals surface area contributed by atoms with E-state index in [9.17, 15) is 12.8 Å². The van der Waals surface area contributed by atoms with Crippen LogP contribution in [0.5, 0.6) is 0 Å². The standard InChI is InChI=1S/C15H18FNO3S/c1-15(7-8-15)11-17-21(19,20)13-6-5-12(14(16)10-13)4-2-3-9-18/h5-6,10,17-18H,3,7-9,11H2,1H3. The van der Waals surface area contributed by atoms with Gasteiger partial charge in [-0.2, -0.15) is 0 Å². The van der Waals surface area contributed by atoms with Crippen LogP contribution in [0.15, 0.2) is 23.1 Å². The minimum Gasteiger partial charge on any atom is -0.395 e. The Morgan fingerprint density at radius 1 is 1.43 bits per heavy atom. The summed E-state index contributed by atoms with van der Waals surface area (Å²) in [6, 6.07) is 3.65. The molecule has 0 unspecified atom stereocenters. The monoisotopic (exact) mass is 311 g/mol. The maximum Gasteiger partial charge on any atom is 0.240 e. The van der Waals surface area contributed by atoms with Gasteiger partial charge in [0.15, 0.2) is 0 Å². The highest BCUT2D eigenvalue weighted by Crippen LogP contribution is 2.44. The average Bonchev–Trinajstić information content (AvgIpc) is 3.17. The molecular formula is C15H18FNO3S. The Bertz CT molecular complexity index is 685. The number of benzene rings is 1. The summed E-state index contributed by atoms with van der Waals surface area (Å²) in [6.45, 7) is 2.29. The molecule has 0 atom stereocenters. The van der Waals surface area contributed by atoms with Gasteiger partial charge in [-0.05, 0) is 36.5 Å². The Balaban J connectivity index is 2.13.